The normalized spacial score (nSPS) is 12.4. The molecule has 0 saturated heterocycles. The Morgan fingerprint density at radius 3 is 2.83 bits per heavy atom. The molecule has 8 heteroatoms. The maximum atomic E-state index is 11.7. The molecule has 0 bridgehead atoms. The zero-order valence-corrected chi connectivity index (χ0v) is 10.7. The lowest BCUT2D eigenvalue weighted by Crippen LogP contribution is -2.26. The van der Waals surface area contributed by atoms with Crippen LogP contribution >= 0.6 is 0 Å². The molecule has 0 aromatic carbocycles. The topological polar surface area (TPSA) is 86.7 Å². The monoisotopic (exact) mass is 250 g/mol. The molecule has 2 heterocycles. The van der Waals surface area contributed by atoms with Crippen LogP contribution in [0, 0.1) is 0 Å². The van der Waals surface area contributed by atoms with Crippen molar-refractivity contribution < 1.29 is 4.74 Å². The molecule has 0 N–H and O–H groups in total. The second kappa shape index (κ2) is 4.21. The van der Waals surface area contributed by atoms with Crippen LogP contribution in [0.2, 0.25) is 0 Å². The Morgan fingerprint density at radius 1 is 1.44 bits per heavy atom. The summed E-state index contributed by atoms with van der Waals surface area (Å²) in [6, 6.07) is 0. The second-order valence-corrected chi connectivity index (χ2v) is 4.76. The summed E-state index contributed by atoms with van der Waals surface area (Å²) in [5, 5.41) is 7.51. The minimum absolute atomic E-state index is 0.202. The van der Waals surface area contributed by atoms with Crippen LogP contribution in [-0.2, 0) is 7.05 Å². The van der Waals surface area contributed by atoms with Crippen molar-refractivity contribution in [1.82, 2.24) is 24.4 Å². The lowest BCUT2D eigenvalue weighted by atomic mass is 10.1. The van der Waals surface area contributed by atoms with Gasteiger partial charge in [-0.15, -0.1) is 5.10 Å². The molecule has 0 atom stereocenters. The van der Waals surface area contributed by atoms with Gasteiger partial charge in [0.1, 0.15) is 6.33 Å². The average Bonchev–Trinajstić information content (AvgIpc) is 2.66. The lowest BCUT2D eigenvalue weighted by Gasteiger charge is -2.09. The fraction of sp³-hybridized carbons (Fsp3) is 0.500. The summed E-state index contributed by atoms with van der Waals surface area (Å²) >= 11 is 0. The Hall–Kier alpha value is -2.25. The molecule has 0 spiro atoms. The maximum Gasteiger partial charge on any atom is 0.352 e. The molecule has 0 aliphatic rings. The van der Waals surface area contributed by atoms with Crippen LogP contribution in [0.1, 0.15) is 20.8 Å². The summed E-state index contributed by atoms with van der Waals surface area (Å²) in [7, 11) is 1.51. The first-order chi connectivity index (χ1) is 8.38. The molecule has 2 aromatic rings. The summed E-state index contributed by atoms with van der Waals surface area (Å²) in [6.07, 6.45) is 2.63. The predicted molar refractivity (Wildman–Crippen MR) is 64.9 cm³/mol. The highest BCUT2D eigenvalue weighted by Crippen LogP contribution is 2.12. The fourth-order valence-corrected chi connectivity index (χ4v) is 1.18. The Labute approximate surface area is 103 Å². The molecule has 96 valence electrons. The van der Waals surface area contributed by atoms with Crippen molar-refractivity contribution in [3.8, 4) is 5.88 Å². The van der Waals surface area contributed by atoms with E-state index in [4.69, 9.17) is 4.74 Å². The van der Waals surface area contributed by atoms with Gasteiger partial charge in [0.25, 0.3) is 5.88 Å². The van der Waals surface area contributed by atoms with Gasteiger partial charge >= 0.3 is 5.69 Å². The number of rotatable bonds is 2. The Kier molecular flexibility index (Phi) is 2.85. The van der Waals surface area contributed by atoms with Crippen LogP contribution in [0.4, 0.5) is 0 Å². The number of hydrogen-bond donors (Lipinski definition) is 0. The SMILES string of the molecule is Cn1nnc2c(OC=NC(C)(C)C)ncn2c1=O. The first-order valence-electron chi connectivity index (χ1n) is 5.36. The van der Waals surface area contributed by atoms with Gasteiger partial charge in [-0.2, -0.15) is 9.67 Å². The standard InChI is InChI=1S/C10H14N6O2/c1-10(2,3)12-6-18-8-7-13-14-15(4)9(17)16(7)5-11-8/h5-6H,1-4H3. The van der Waals surface area contributed by atoms with Crippen LogP contribution in [0.25, 0.3) is 5.65 Å². The lowest BCUT2D eigenvalue weighted by molar-refractivity contribution is 0.517. The maximum absolute atomic E-state index is 11.7. The number of aliphatic imine (C=N–C) groups is 1. The zero-order chi connectivity index (χ0) is 13.3. The van der Waals surface area contributed by atoms with Crippen LogP contribution in [0.3, 0.4) is 0 Å². The summed E-state index contributed by atoms with van der Waals surface area (Å²) < 4.78 is 7.63. The molecule has 2 aromatic heterocycles. The van der Waals surface area contributed by atoms with E-state index in [-0.39, 0.29) is 22.8 Å². The van der Waals surface area contributed by atoms with Gasteiger partial charge in [0.2, 0.25) is 5.65 Å². The highest BCUT2D eigenvalue weighted by atomic mass is 16.5. The van der Waals surface area contributed by atoms with Gasteiger partial charge in [-0.1, -0.05) is 5.21 Å². The molecular formula is C10H14N6O2. The highest BCUT2D eigenvalue weighted by Gasteiger charge is 2.11. The van der Waals surface area contributed by atoms with Gasteiger partial charge in [0.15, 0.2) is 6.40 Å². The number of hydrogen-bond acceptors (Lipinski definition) is 6. The molecule has 0 unspecified atom stereocenters. The fourth-order valence-electron chi connectivity index (χ4n) is 1.18. The van der Waals surface area contributed by atoms with Gasteiger partial charge in [-0.05, 0) is 20.8 Å². The van der Waals surface area contributed by atoms with Gasteiger partial charge in [0, 0.05) is 7.05 Å². The van der Waals surface area contributed by atoms with Crippen LogP contribution < -0.4 is 10.4 Å². The predicted octanol–water partition coefficient (Wildman–Crippen LogP) is 0.0286. The summed E-state index contributed by atoms with van der Waals surface area (Å²) in [5.74, 6) is 0.202. The quantitative estimate of drug-likeness (QED) is 0.554. The van der Waals surface area contributed by atoms with Crippen molar-refractivity contribution in [2.75, 3.05) is 0 Å². The Balaban J connectivity index is 2.34. The Bertz CT molecular complexity index is 648. The van der Waals surface area contributed by atoms with Crippen LogP contribution in [-0.4, -0.2) is 36.3 Å². The van der Waals surface area contributed by atoms with Crippen molar-refractivity contribution in [3.63, 3.8) is 0 Å². The first kappa shape index (κ1) is 12.2. The van der Waals surface area contributed by atoms with E-state index in [0.717, 1.165) is 4.68 Å². The first-order valence-corrected chi connectivity index (χ1v) is 5.36. The van der Waals surface area contributed by atoms with Crippen molar-refractivity contribution in [1.29, 1.82) is 0 Å². The number of aromatic nitrogens is 5. The summed E-state index contributed by atoms with van der Waals surface area (Å²) in [4.78, 5) is 19.8. The summed E-state index contributed by atoms with van der Waals surface area (Å²) in [6.45, 7) is 5.81. The summed E-state index contributed by atoms with van der Waals surface area (Å²) in [5.41, 5.74) is -0.314. The van der Waals surface area contributed by atoms with Gasteiger partial charge in [-0.3, -0.25) is 4.99 Å². The third-order valence-corrected chi connectivity index (χ3v) is 2.07. The smallest absolute Gasteiger partial charge is 0.352 e. The number of nitrogens with zero attached hydrogens (tertiary/aromatic N) is 6. The molecule has 2 rings (SSSR count). The van der Waals surface area contributed by atoms with Crippen molar-refractivity contribution in [2.45, 2.75) is 26.3 Å². The third kappa shape index (κ3) is 2.36. The van der Waals surface area contributed by atoms with E-state index in [2.05, 4.69) is 20.3 Å². The molecule has 0 aliphatic heterocycles. The van der Waals surface area contributed by atoms with E-state index >= 15 is 0 Å². The van der Waals surface area contributed by atoms with Crippen LogP contribution in [0.15, 0.2) is 16.1 Å². The number of ether oxygens (including phenoxy) is 1. The van der Waals surface area contributed by atoms with Crippen molar-refractivity contribution in [3.05, 3.63) is 16.8 Å². The van der Waals surface area contributed by atoms with E-state index < -0.39 is 0 Å². The van der Waals surface area contributed by atoms with Gasteiger partial charge in [-0.25, -0.2) is 9.20 Å². The molecular weight excluding hydrogens is 236 g/mol. The highest BCUT2D eigenvalue weighted by molar-refractivity contribution is 5.58. The van der Waals surface area contributed by atoms with Gasteiger partial charge < -0.3 is 4.74 Å². The van der Waals surface area contributed by atoms with E-state index in [0.29, 0.717) is 0 Å². The minimum Gasteiger partial charge on any atom is -0.424 e. The number of fused-ring (bicyclic) bond motifs is 1. The second-order valence-electron chi connectivity index (χ2n) is 4.76. The minimum atomic E-state index is -0.338. The molecule has 0 fully saturated rings. The van der Waals surface area contributed by atoms with E-state index in [9.17, 15) is 4.79 Å². The Morgan fingerprint density at radius 2 is 2.17 bits per heavy atom. The van der Waals surface area contributed by atoms with E-state index in [1.807, 2.05) is 20.8 Å². The third-order valence-electron chi connectivity index (χ3n) is 2.07. The van der Waals surface area contributed by atoms with Gasteiger partial charge in [0.05, 0.1) is 5.54 Å². The van der Waals surface area contributed by atoms with E-state index in [1.54, 1.807) is 0 Å². The molecule has 0 aliphatic carbocycles. The molecule has 0 amide bonds. The number of imidazole rings is 1. The molecule has 0 radical (unpaired) electrons. The molecule has 0 saturated carbocycles. The van der Waals surface area contributed by atoms with E-state index in [1.165, 1.54) is 24.2 Å². The van der Waals surface area contributed by atoms with Crippen LogP contribution in [0.5, 0.6) is 5.88 Å². The molecule has 18 heavy (non-hydrogen) atoms. The van der Waals surface area contributed by atoms with Crippen molar-refractivity contribution >= 4 is 12.0 Å². The zero-order valence-electron chi connectivity index (χ0n) is 10.7. The molecule has 8 nitrogen and oxygen atoms in total. The average molecular weight is 250 g/mol. The largest absolute Gasteiger partial charge is 0.424 e. The number of aryl methyl sites for hydroxylation is 1. The van der Waals surface area contributed by atoms with Crippen molar-refractivity contribution in [2.24, 2.45) is 12.0 Å².